The van der Waals surface area contributed by atoms with Gasteiger partial charge in [-0.15, -0.1) is 11.3 Å². The zero-order valence-corrected chi connectivity index (χ0v) is 14.3. The third kappa shape index (κ3) is 3.16. The molecule has 3 rings (SSSR count). The van der Waals surface area contributed by atoms with Crippen LogP contribution in [0.25, 0.3) is 10.2 Å². The molecular weight excluding hydrogens is 314 g/mol. The number of hydrogen-bond acceptors (Lipinski definition) is 5. The Morgan fingerprint density at radius 2 is 2.00 bits per heavy atom. The number of aryl methyl sites for hydroxylation is 2. The second-order valence-electron chi connectivity index (χ2n) is 6.08. The molecule has 0 aromatic carbocycles. The lowest BCUT2D eigenvalue weighted by molar-refractivity contribution is -0.137. The molecule has 0 unspecified atom stereocenters. The molecule has 0 atom stereocenters. The average Bonchev–Trinajstić information content (AvgIpc) is 3.07. The molecule has 0 spiro atoms. The molecule has 1 saturated heterocycles. The third-order valence-corrected chi connectivity index (χ3v) is 5.58. The maximum Gasteiger partial charge on any atom is 0.305 e. The van der Waals surface area contributed by atoms with Gasteiger partial charge in [0.15, 0.2) is 0 Å². The molecule has 1 aliphatic rings. The SMILES string of the molecule is Cc1sc2nc(CN3CCCC3)n(CCC(=O)O)c(=O)c2c1C. The zero-order valence-electron chi connectivity index (χ0n) is 13.5. The molecule has 7 heteroatoms. The van der Waals surface area contributed by atoms with Crippen molar-refractivity contribution in [2.24, 2.45) is 0 Å². The molecule has 124 valence electrons. The van der Waals surface area contributed by atoms with E-state index in [0.717, 1.165) is 28.4 Å². The molecule has 0 bridgehead atoms. The van der Waals surface area contributed by atoms with E-state index in [0.29, 0.717) is 17.8 Å². The van der Waals surface area contributed by atoms with Crippen molar-refractivity contribution in [2.75, 3.05) is 13.1 Å². The normalized spacial score (nSPS) is 15.6. The molecule has 1 aliphatic heterocycles. The van der Waals surface area contributed by atoms with Crippen LogP contribution in [0.2, 0.25) is 0 Å². The number of aromatic nitrogens is 2. The standard InChI is InChI=1S/C16H21N3O3S/c1-10-11(2)23-15-14(10)16(22)19(8-5-13(20)21)12(17-15)9-18-6-3-4-7-18/h3-9H2,1-2H3,(H,20,21). The van der Waals surface area contributed by atoms with E-state index < -0.39 is 5.97 Å². The number of fused-ring (bicyclic) bond motifs is 1. The topological polar surface area (TPSA) is 75.4 Å². The number of thiophene rings is 1. The molecule has 0 radical (unpaired) electrons. The highest BCUT2D eigenvalue weighted by atomic mass is 32.1. The Morgan fingerprint density at radius 1 is 1.30 bits per heavy atom. The summed E-state index contributed by atoms with van der Waals surface area (Å²) in [6.45, 7) is 6.72. The van der Waals surface area contributed by atoms with E-state index in [-0.39, 0.29) is 18.5 Å². The lowest BCUT2D eigenvalue weighted by Gasteiger charge is -2.18. The Labute approximate surface area is 138 Å². The van der Waals surface area contributed by atoms with Crippen LogP contribution in [-0.2, 0) is 17.9 Å². The van der Waals surface area contributed by atoms with Crippen molar-refractivity contribution in [3.63, 3.8) is 0 Å². The lowest BCUT2D eigenvalue weighted by Crippen LogP contribution is -2.30. The Kier molecular flexibility index (Phi) is 4.50. The molecule has 0 saturated carbocycles. The molecule has 23 heavy (non-hydrogen) atoms. The summed E-state index contributed by atoms with van der Waals surface area (Å²) in [5.41, 5.74) is 0.853. The number of hydrogen-bond donors (Lipinski definition) is 1. The number of aliphatic carboxylic acids is 1. The Balaban J connectivity index is 2.08. The monoisotopic (exact) mass is 335 g/mol. The van der Waals surface area contributed by atoms with Gasteiger partial charge in [0.25, 0.3) is 5.56 Å². The van der Waals surface area contributed by atoms with E-state index in [4.69, 9.17) is 10.1 Å². The maximum atomic E-state index is 12.9. The molecule has 3 heterocycles. The van der Waals surface area contributed by atoms with Gasteiger partial charge >= 0.3 is 5.97 Å². The second kappa shape index (κ2) is 6.41. The van der Waals surface area contributed by atoms with E-state index in [1.54, 1.807) is 4.57 Å². The predicted octanol–water partition coefficient (Wildman–Crippen LogP) is 2.15. The first-order chi connectivity index (χ1) is 11.0. The first kappa shape index (κ1) is 16.1. The van der Waals surface area contributed by atoms with Crippen LogP contribution < -0.4 is 5.56 Å². The van der Waals surface area contributed by atoms with Gasteiger partial charge in [0.05, 0.1) is 18.4 Å². The van der Waals surface area contributed by atoms with Gasteiger partial charge in [-0.2, -0.15) is 0 Å². The number of likely N-dealkylation sites (tertiary alicyclic amines) is 1. The summed E-state index contributed by atoms with van der Waals surface area (Å²) in [6.07, 6.45) is 2.26. The molecule has 6 nitrogen and oxygen atoms in total. The molecule has 1 fully saturated rings. The second-order valence-corrected chi connectivity index (χ2v) is 7.28. The lowest BCUT2D eigenvalue weighted by atomic mass is 10.2. The van der Waals surface area contributed by atoms with E-state index in [1.165, 1.54) is 24.2 Å². The van der Waals surface area contributed by atoms with Crippen LogP contribution in [0.15, 0.2) is 4.79 Å². The Bertz CT molecular complexity index is 803. The van der Waals surface area contributed by atoms with Gasteiger partial charge in [0.2, 0.25) is 0 Å². The largest absolute Gasteiger partial charge is 0.481 e. The van der Waals surface area contributed by atoms with Crippen LogP contribution in [0.1, 0.15) is 35.5 Å². The first-order valence-electron chi connectivity index (χ1n) is 7.91. The molecule has 2 aromatic rings. The van der Waals surface area contributed by atoms with E-state index >= 15 is 0 Å². The van der Waals surface area contributed by atoms with Gasteiger partial charge in [0, 0.05) is 11.4 Å². The highest BCUT2D eigenvalue weighted by Gasteiger charge is 2.20. The Hall–Kier alpha value is -1.73. The number of carbonyl (C=O) groups is 1. The summed E-state index contributed by atoms with van der Waals surface area (Å²) in [5, 5.41) is 9.61. The number of carboxylic acid groups (broad SMARTS) is 1. The van der Waals surface area contributed by atoms with Crippen LogP contribution >= 0.6 is 11.3 Å². The fourth-order valence-electron chi connectivity index (χ4n) is 3.07. The fraction of sp³-hybridized carbons (Fsp3) is 0.562. The zero-order chi connectivity index (χ0) is 16.6. The minimum atomic E-state index is -0.901. The number of rotatable bonds is 5. The summed E-state index contributed by atoms with van der Waals surface area (Å²) >= 11 is 1.54. The third-order valence-electron chi connectivity index (χ3n) is 4.48. The van der Waals surface area contributed by atoms with Crippen LogP contribution in [0, 0.1) is 13.8 Å². The molecule has 0 aliphatic carbocycles. The number of carboxylic acids is 1. The van der Waals surface area contributed by atoms with Gasteiger partial charge in [-0.05, 0) is 45.3 Å². The van der Waals surface area contributed by atoms with Crippen molar-refractivity contribution in [3.8, 4) is 0 Å². The van der Waals surface area contributed by atoms with Gasteiger partial charge in [-0.1, -0.05) is 0 Å². The van der Waals surface area contributed by atoms with E-state index in [1.807, 2.05) is 13.8 Å². The smallest absolute Gasteiger partial charge is 0.305 e. The van der Waals surface area contributed by atoms with Crippen LogP contribution in [0.3, 0.4) is 0 Å². The van der Waals surface area contributed by atoms with Gasteiger partial charge in [-0.3, -0.25) is 19.1 Å². The van der Waals surface area contributed by atoms with E-state index in [2.05, 4.69) is 4.90 Å². The van der Waals surface area contributed by atoms with Crippen molar-refractivity contribution >= 4 is 27.5 Å². The quantitative estimate of drug-likeness (QED) is 0.906. The highest BCUT2D eigenvalue weighted by Crippen LogP contribution is 2.26. The number of nitrogens with zero attached hydrogens (tertiary/aromatic N) is 3. The van der Waals surface area contributed by atoms with Gasteiger partial charge < -0.3 is 5.11 Å². The van der Waals surface area contributed by atoms with Gasteiger partial charge in [-0.25, -0.2) is 4.98 Å². The summed E-state index contributed by atoms with van der Waals surface area (Å²) in [4.78, 5) is 32.7. The van der Waals surface area contributed by atoms with E-state index in [9.17, 15) is 9.59 Å². The fourth-order valence-corrected chi connectivity index (χ4v) is 4.11. The predicted molar refractivity (Wildman–Crippen MR) is 90.1 cm³/mol. The summed E-state index contributed by atoms with van der Waals surface area (Å²) in [7, 11) is 0. The van der Waals surface area contributed by atoms with Gasteiger partial charge in [0.1, 0.15) is 10.7 Å². The van der Waals surface area contributed by atoms with Crippen molar-refractivity contribution in [1.29, 1.82) is 0 Å². The molecule has 1 N–H and O–H groups in total. The minimum Gasteiger partial charge on any atom is -0.481 e. The summed E-state index contributed by atoms with van der Waals surface area (Å²) in [5.74, 6) is -0.214. The first-order valence-corrected chi connectivity index (χ1v) is 8.72. The summed E-state index contributed by atoms with van der Waals surface area (Å²) < 4.78 is 1.56. The van der Waals surface area contributed by atoms with Crippen molar-refractivity contribution in [2.45, 2.75) is 46.2 Å². The summed E-state index contributed by atoms with van der Waals surface area (Å²) in [6, 6.07) is 0. The molecule has 0 amide bonds. The minimum absolute atomic E-state index is 0.0672. The van der Waals surface area contributed by atoms with Crippen LogP contribution in [0.5, 0.6) is 0 Å². The average molecular weight is 335 g/mol. The van der Waals surface area contributed by atoms with Crippen LogP contribution in [-0.4, -0.2) is 38.6 Å². The Morgan fingerprint density at radius 3 is 2.65 bits per heavy atom. The van der Waals surface area contributed by atoms with Crippen molar-refractivity contribution < 1.29 is 9.90 Å². The van der Waals surface area contributed by atoms with Crippen LogP contribution in [0.4, 0.5) is 0 Å². The molecule has 2 aromatic heterocycles. The van der Waals surface area contributed by atoms with Crippen molar-refractivity contribution in [1.82, 2.24) is 14.5 Å². The maximum absolute atomic E-state index is 12.9. The highest BCUT2D eigenvalue weighted by molar-refractivity contribution is 7.18. The van der Waals surface area contributed by atoms with Crippen molar-refractivity contribution in [3.05, 3.63) is 26.6 Å². The molecular formula is C16H21N3O3S.